The Bertz CT molecular complexity index is 1020. The van der Waals surface area contributed by atoms with E-state index in [1.54, 1.807) is 60.7 Å². The molecule has 0 saturated heterocycles. The van der Waals surface area contributed by atoms with Crippen LogP contribution in [0.2, 0.25) is 0 Å². The van der Waals surface area contributed by atoms with E-state index in [9.17, 15) is 20.1 Å². The highest BCUT2D eigenvalue weighted by Crippen LogP contribution is 2.40. The molecule has 0 radical (unpaired) electrons. The molecule has 1 amide bonds. The number of phenolic OH excluding ortho intramolecular Hbond substituents is 2. The van der Waals surface area contributed by atoms with Crippen LogP contribution in [0, 0.1) is 0 Å². The van der Waals surface area contributed by atoms with Gasteiger partial charge in [-0.2, -0.15) is 5.10 Å². The zero-order valence-corrected chi connectivity index (χ0v) is 18.1. The van der Waals surface area contributed by atoms with Gasteiger partial charge in [0.05, 0.1) is 10.7 Å². The third kappa shape index (κ3) is 4.19. The number of nitrogens with zero attached hydrogens (tertiary/aromatic N) is 1. The number of rotatable bonds is 5. The smallest absolute Gasteiger partial charge is 0.281 e. The van der Waals surface area contributed by atoms with Gasteiger partial charge >= 0.3 is 0 Å². The molecule has 0 bridgehead atoms. The standard InChI is InChI=1S/C21H16Br2N2O4/c22-16-11-13(18(26)17(23)19(16)27)12-24-25-20(28)21(29,14-7-3-1-4-8-14)15-9-5-2-6-10-15/h1-12,26-27,29H,(H,25,28)/b24-12-. The van der Waals surface area contributed by atoms with Crippen LogP contribution in [0.1, 0.15) is 16.7 Å². The van der Waals surface area contributed by atoms with Gasteiger partial charge in [-0.05, 0) is 49.1 Å². The number of carbonyl (C=O) groups excluding carboxylic acids is 1. The number of aromatic hydroxyl groups is 2. The Morgan fingerprint density at radius 2 is 1.45 bits per heavy atom. The van der Waals surface area contributed by atoms with E-state index in [4.69, 9.17) is 0 Å². The highest BCUT2D eigenvalue weighted by atomic mass is 79.9. The minimum absolute atomic E-state index is 0.0877. The predicted octanol–water partition coefficient (Wildman–Crippen LogP) is 4.01. The van der Waals surface area contributed by atoms with E-state index in [-0.39, 0.29) is 21.5 Å². The van der Waals surface area contributed by atoms with Crippen LogP contribution in [-0.4, -0.2) is 27.4 Å². The zero-order valence-electron chi connectivity index (χ0n) is 14.9. The number of benzene rings is 3. The van der Waals surface area contributed by atoms with Crippen LogP contribution in [0.15, 0.2) is 80.8 Å². The highest BCUT2D eigenvalue weighted by Gasteiger charge is 2.39. The second-order valence-electron chi connectivity index (χ2n) is 6.10. The normalized spacial score (nSPS) is 11.6. The Hall–Kier alpha value is -2.68. The summed E-state index contributed by atoms with van der Waals surface area (Å²) in [4.78, 5) is 12.9. The van der Waals surface area contributed by atoms with Crippen LogP contribution in [-0.2, 0) is 10.4 Å². The highest BCUT2D eigenvalue weighted by molar-refractivity contribution is 9.11. The van der Waals surface area contributed by atoms with E-state index in [1.165, 1.54) is 12.3 Å². The topological polar surface area (TPSA) is 102 Å². The average Bonchev–Trinajstić information content (AvgIpc) is 2.76. The van der Waals surface area contributed by atoms with Gasteiger partial charge in [0.15, 0.2) is 5.60 Å². The largest absolute Gasteiger partial charge is 0.506 e. The lowest BCUT2D eigenvalue weighted by Crippen LogP contribution is -2.43. The van der Waals surface area contributed by atoms with Gasteiger partial charge in [0, 0.05) is 5.56 Å². The van der Waals surface area contributed by atoms with E-state index in [2.05, 4.69) is 42.4 Å². The van der Waals surface area contributed by atoms with Gasteiger partial charge in [-0.15, -0.1) is 0 Å². The van der Waals surface area contributed by atoms with Crippen LogP contribution in [0.4, 0.5) is 0 Å². The summed E-state index contributed by atoms with van der Waals surface area (Å²) in [5, 5.41) is 35.1. The van der Waals surface area contributed by atoms with Crippen LogP contribution in [0.25, 0.3) is 0 Å². The summed E-state index contributed by atoms with van der Waals surface area (Å²) in [6, 6.07) is 18.5. The van der Waals surface area contributed by atoms with Crippen molar-refractivity contribution in [2.75, 3.05) is 0 Å². The first kappa shape index (κ1) is 21.0. The number of halogens is 2. The lowest BCUT2D eigenvalue weighted by Gasteiger charge is -2.27. The number of hydrogen-bond acceptors (Lipinski definition) is 5. The van der Waals surface area contributed by atoms with Crippen molar-refractivity contribution in [1.82, 2.24) is 5.43 Å². The van der Waals surface area contributed by atoms with Gasteiger partial charge in [-0.1, -0.05) is 60.7 Å². The molecular formula is C21H16Br2N2O4. The van der Waals surface area contributed by atoms with Crippen molar-refractivity contribution in [2.24, 2.45) is 5.10 Å². The summed E-state index contributed by atoms with van der Waals surface area (Å²) in [5.74, 6) is -1.17. The number of aliphatic hydroxyl groups is 1. The summed E-state index contributed by atoms with van der Waals surface area (Å²) in [5.41, 5.74) is 1.38. The number of hydrazone groups is 1. The van der Waals surface area contributed by atoms with Crippen molar-refractivity contribution in [3.05, 3.63) is 92.4 Å². The molecular weight excluding hydrogens is 504 g/mol. The average molecular weight is 520 g/mol. The first-order chi connectivity index (χ1) is 13.9. The third-order valence-electron chi connectivity index (χ3n) is 4.28. The maximum atomic E-state index is 12.9. The Balaban J connectivity index is 1.92. The summed E-state index contributed by atoms with van der Waals surface area (Å²) in [6.07, 6.45) is 1.21. The predicted molar refractivity (Wildman–Crippen MR) is 117 cm³/mol. The quantitative estimate of drug-likeness (QED) is 0.302. The Morgan fingerprint density at radius 1 is 0.931 bits per heavy atom. The molecule has 8 heteroatoms. The monoisotopic (exact) mass is 518 g/mol. The molecule has 0 heterocycles. The number of carbonyl (C=O) groups is 1. The molecule has 3 aromatic rings. The SMILES string of the molecule is O=C(N/N=C\c1cc(Br)c(O)c(Br)c1O)C(O)(c1ccccc1)c1ccccc1. The van der Waals surface area contributed by atoms with Crippen LogP contribution in [0.5, 0.6) is 11.5 Å². The molecule has 0 aliphatic heterocycles. The molecule has 0 atom stereocenters. The van der Waals surface area contributed by atoms with Gasteiger partial charge in [0.25, 0.3) is 5.91 Å². The number of phenols is 2. The van der Waals surface area contributed by atoms with Crippen LogP contribution < -0.4 is 5.43 Å². The number of hydrogen-bond donors (Lipinski definition) is 4. The first-order valence-electron chi connectivity index (χ1n) is 8.42. The van der Waals surface area contributed by atoms with Crippen molar-refractivity contribution >= 4 is 44.0 Å². The Labute approximate surface area is 183 Å². The second kappa shape index (κ2) is 8.77. The summed E-state index contributed by atoms with van der Waals surface area (Å²) in [6.45, 7) is 0. The molecule has 0 aliphatic carbocycles. The Morgan fingerprint density at radius 3 is 1.97 bits per heavy atom. The molecule has 3 rings (SSSR count). The number of nitrogens with one attached hydrogen (secondary N) is 1. The van der Waals surface area contributed by atoms with Gasteiger partial charge < -0.3 is 15.3 Å². The van der Waals surface area contributed by atoms with Gasteiger partial charge in [-0.25, -0.2) is 5.43 Å². The van der Waals surface area contributed by atoms with E-state index in [0.29, 0.717) is 15.6 Å². The minimum atomic E-state index is -1.96. The number of amides is 1. The van der Waals surface area contributed by atoms with E-state index < -0.39 is 11.5 Å². The molecule has 3 aromatic carbocycles. The fourth-order valence-corrected chi connectivity index (χ4v) is 3.90. The summed E-state index contributed by atoms with van der Waals surface area (Å²) < 4.78 is 0.421. The molecule has 0 spiro atoms. The molecule has 29 heavy (non-hydrogen) atoms. The lowest BCUT2D eigenvalue weighted by atomic mass is 9.85. The molecule has 148 valence electrons. The second-order valence-corrected chi connectivity index (χ2v) is 7.75. The molecule has 0 saturated carbocycles. The molecule has 4 N–H and O–H groups in total. The van der Waals surface area contributed by atoms with Crippen molar-refractivity contribution in [2.45, 2.75) is 5.60 Å². The molecule has 0 fully saturated rings. The maximum Gasteiger partial charge on any atom is 0.281 e. The van der Waals surface area contributed by atoms with Crippen molar-refractivity contribution in [3.63, 3.8) is 0 Å². The van der Waals surface area contributed by atoms with E-state index >= 15 is 0 Å². The molecule has 0 aromatic heterocycles. The lowest BCUT2D eigenvalue weighted by molar-refractivity contribution is -0.136. The summed E-state index contributed by atoms with van der Waals surface area (Å²) >= 11 is 6.24. The molecule has 0 unspecified atom stereocenters. The van der Waals surface area contributed by atoms with Gasteiger partial charge in [0.1, 0.15) is 16.0 Å². The third-order valence-corrected chi connectivity index (χ3v) is 5.63. The van der Waals surface area contributed by atoms with Gasteiger partial charge in [0.2, 0.25) is 0 Å². The molecule has 0 aliphatic rings. The van der Waals surface area contributed by atoms with Crippen molar-refractivity contribution < 1.29 is 20.1 Å². The van der Waals surface area contributed by atoms with Crippen molar-refractivity contribution in [1.29, 1.82) is 0 Å². The summed E-state index contributed by atoms with van der Waals surface area (Å²) in [7, 11) is 0. The fraction of sp³-hybridized carbons (Fsp3) is 0.0476. The van der Waals surface area contributed by atoms with Crippen LogP contribution >= 0.6 is 31.9 Å². The van der Waals surface area contributed by atoms with Gasteiger partial charge in [-0.3, -0.25) is 4.79 Å². The fourth-order valence-electron chi connectivity index (χ4n) is 2.74. The van der Waals surface area contributed by atoms with Crippen LogP contribution in [0.3, 0.4) is 0 Å². The van der Waals surface area contributed by atoms with E-state index in [0.717, 1.165) is 0 Å². The minimum Gasteiger partial charge on any atom is -0.506 e. The maximum absolute atomic E-state index is 12.9. The zero-order chi connectivity index (χ0) is 21.0. The first-order valence-corrected chi connectivity index (χ1v) is 10.0. The molecule has 6 nitrogen and oxygen atoms in total. The Kier molecular flexibility index (Phi) is 6.36. The van der Waals surface area contributed by atoms with E-state index in [1.807, 2.05) is 0 Å². The van der Waals surface area contributed by atoms with Crippen molar-refractivity contribution in [3.8, 4) is 11.5 Å².